The summed E-state index contributed by atoms with van der Waals surface area (Å²) in [6, 6.07) is 10.0. The van der Waals surface area contributed by atoms with Crippen molar-refractivity contribution in [3.05, 3.63) is 59.4 Å². The minimum Gasteiger partial charge on any atom is -0.322 e. The quantitative estimate of drug-likeness (QED) is 0.658. The van der Waals surface area contributed by atoms with Gasteiger partial charge >= 0.3 is 0 Å². The van der Waals surface area contributed by atoms with Crippen LogP contribution in [0.1, 0.15) is 5.56 Å². The maximum Gasteiger partial charge on any atom is 0.279 e. The Labute approximate surface area is 153 Å². The number of nitriles is 1. The zero-order valence-corrected chi connectivity index (χ0v) is 14.3. The lowest BCUT2D eigenvalue weighted by molar-refractivity contribution is -0.862. The second kappa shape index (κ2) is 8.82. The molecule has 0 heterocycles. The topological polar surface area (TPSA) is 86.4 Å². The molecule has 0 aromatic heterocycles. The van der Waals surface area contributed by atoms with E-state index >= 15 is 0 Å². The standard InChI is InChI=1S/C18H15F3N4O2/c1-25(9-15(26)23-13-5-3-2-4-11(13)8-22)10-16(27)24-14-7-6-12(19)17(20)18(14)21/h2-7H,9-10H2,1H3,(H,23,26)(H,24,27)/p+1. The number of rotatable bonds is 6. The Balaban J connectivity index is 1.90. The van der Waals surface area contributed by atoms with Crippen molar-refractivity contribution in [2.24, 2.45) is 0 Å². The number of halogens is 3. The van der Waals surface area contributed by atoms with Crippen molar-refractivity contribution < 1.29 is 27.7 Å². The first-order chi connectivity index (χ1) is 12.8. The van der Waals surface area contributed by atoms with Crippen molar-refractivity contribution in [2.45, 2.75) is 0 Å². The Morgan fingerprint density at radius 3 is 2.19 bits per heavy atom. The highest BCUT2D eigenvalue weighted by atomic mass is 19.2. The summed E-state index contributed by atoms with van der Waals surface area (Å²) in [6.07, 6.45) is 0. The van der Waals surface area contributed by atoms with Crippen molar-refractivity contribution in [1.29, 1.82) is 5.26 Å². The van der Waals surface area contributed by atoms with Gasteiger partial charge in [0.05, 0.1) is 24.0 Å². The minimum atomic E-state index is -1.68. The maximum atomic E-state index is 13.6. The number of amides is 2. The average molecular weight is 377 g/mol. The third kappa shape index (κ3) is 5.29. The molecule has 0 bridgehead atoms. The van der Waals surface area contributed by atoms with E-state index in [0.717, 1.165) is 6.07 Å². The van der Waals surface area contributed by atoms with Crippen molar-refractivity contribution >= 4 is 23.2 Å². The van der Waals surface area contributed by atoms with Crippen LogP contribution < -0.4 is 15.5 Å². The van der Waals surface area contributed by atoms with Gasteiger partial charge in [0.15, 0.2) is 30.5 Å². The zero-order valence-electron chi connectivity index (χ0n) is 14.3. The van der Waals surface area contributed by atoms with E-state index in [9.17, 15) is 22.8 Å². The molecule has 27 heavy (non-hydrogen) atoms. The fraction of sp³-hybridized carbons (Fsp3) is 0.167. The number of nitrogens with one attached hydrogen (secondary N) is 3. The van der Waals surface area contributed by atoms with Crippen LogP contribution in [0.3, 0.4) is 0 Å². The molecule has 2 aromatic rings. The van der Waals surface area contributed by atoms with Crippen LogP contribution in [0.4, 0.5) is 24.5 Å². The van der Waals surface area contributed by atoms with Gasteiger partial charge in [0, 0.05) is 0 Å². The highest BCUT2D eigenvalue weighted by Gasteiger charge is 2.19. The lowest BCUT2D eigenvalue weighted by Crippen LogP contribution is -3.11. The summed E-state index contributed by atoms with van der Waals surface area (Å²) in [6.45, 7) is -0.320. The first-order valence-electron chi connectivity index (χ1n) is 7.85. The Kier molecular flexibility index (Phi) is 6.51. The van der Waals surface area contributed by atoms with E-state index in [1.807, 2.05) is 6.07 Å². The molecule has 0 saturated heterocycles. The Morgan fingerprint density at radius 1 is 0.963 bits per heavy atom. The van der Waals surface area contributed by atoms with Gasteiger partial charge in [0.1, 0.15) is 6.07 Å². The molecule has 2 rings (SSSR count). The molecule has 3 N–H and O–H groups in total. The lowest BCUT2D eigenvalue weighted by atomic mass is 10.2. The molecule has 0 aliphatic heterocycles. The molecule has 0 saturated carbocycles. The van der Waals surface area contributed by atoms with E-state index < -0.39 is 35.0 Å². The summed E-state index contributed by atoms with van der Waals surface area (Å²) in [4.78, 5) is 24.4. The van der Waals surface area contributed by atoms with Gasteiger partial charge in [-0.25, -0.2) is 13.2 Å². The van der Waals surface area contributed by atoms with Crippen LogP contribution in [-0.2, 0) is 9.59 Å². The summed E-state index contributed by atoms with van der Waals surface area (Å²) in [7, 11) is 1.55. The summed E-state index contributed by atoms with van der Waals surface area (Å²) in [5, 5.41) is 13.7. The van der Waals surface area contributed by atoms with Crippen molar-refractivity contribution in [2.75, 3.05) is 30.8 Å². The van der Waals surface area contributed by atoms with Gasteiger partial charge in [0.25, 0.3) is 11.8 Å². The van der Waals surface area contributed by atoms with Gasteiger partial charge in [-0.05, 0) is 24.3 Å². The van der Waals surface area contributed by atoms with Gasteiger partial charge in [-0.15, -0.1) is 0 Å². The van der Waals surface area contributed by atoms with E-state index in [2.05, 4.69) is 10.6 Å². The highest BCUT2D eigenvalue weighted by molar-refractivity contribution is 5.94. The summed E-state index contributed by atoms with van der Waals surface area (Å²) < 4.78 is 39.6. The molecular formula is C18H16F3N4O2+. The molecule has 2 amide bonds. The van der Waals surface area contributed by atoms with E-state index in [0.29, 0.717) is 22.2 Å². The largest absolute Gasteiger partial charge is 0.322 e. The van der Waals surface area contributed by atoms with Crippen LogP contribution in [-0.4, -0.2) is 32.0 Å². The Morgan fingerprint density at radius 2 is 1.56 bits per heavy atom. The van der Waals surface area contributed by atoms with Crippen LogP contribution in [0.5, 0.6) is 0 Å². The van der Waals surface area contributed by atoms with Gasteiger partial charge < -0.3 is 15.5 Å². The normalized spacial score (nSPS) is 11.4. The first-order valence-corrected chi connectivity index (χ1v) is 7.85. The van der Waals surface area contributed by atoms with E-state index in [1.165, 1.54) is 0 Å². The van der Waals surface area contributed by atoms with Crippen molar-refractivity contribution in [3.63, 3.8) is 0 Å². The van der Waals surface area contributed by atoms with Crippen LogP contribution in [0.2, 0.25) is 0 Å². The molecule has 1 unspecified atom stereocenters. The zero-order chi connectivity index (χ0) is 20.0. The van der Waals surface area contributed by atoms with E-state index in [-0.39, 0.29) is 13.1 Å². The predicted molar refractivity (Wildman–Crippen MR) is 91.4 cm³/mol. The van der Waals surface area contributed by atoms with Crippen LogP contribution in [0, 0.1) is 28.8 Å². The van der Waals surface area contributed by atoms with Crippen LogP contribution in [0.25, 0.3) is 0 Å². The molecule has 6 nitrogen and oxygen atoms in total. The van der Waals surface area contributed by atoms with Gasteiger partial charge in [-0.1, -0.05) is 12.1 Å². The SMILES string of the molecule is C[NH+](CC(=O)Nc1ccccc1C#N)CC(=O)Nc1ccc(F)c(F)c1F. The van der Waals surface area contributed by atoms with E-state index in [1.54, 1.807) is 31.3 Å². The Hall–Kier alpha value is -3.38. The second-order valence-corrected chi connectivity index (χ2v) is 5.79. The molecule has 9 heteroatoms. The Bertz CT molecular complexity index is 912. The number of carbonyl (C=O) groups excluding carboxylic acids is 2. The van der Waals surface area contributed by atoms with Crippen LogP contribution >= 0.6 is 0 Å². The number of hydrogen-bond acceptors (Lipinski definition) is 3. The molecular weight excluding hydrogens is 361 g/mol. The fourth-order valence-corrected chi connectivity index (χ4v) is 2.31. The maximum absolute atomic E-state index is 13.6. The fourth-order valence-electron chi connectivity index (χ4n) is 2.31. The average Bonchev–Trinajstić information content (AvgIpc) is 2.62. The third-order valence-corrected chi connectivity index (χ3v) is 3.56. The summed E-state index contributed by atoms with van der Waals surface area (Å²) >= 11 is 0. The molecule has 0 radical (unpaired) electrons. The lowest BCUT2D eigenvalue weighted by Gasteiger charge is -2.14. The molecule has 140 valence electrons. The van der Waals surface area contributed by atoms with Gasteiger partial charge in [-0.3, -0.25) is 9.59 Å². The summed E-state index contributed by atoms with van der Waals surface area (Å²) in [5.41, 5.74) is 0.167. The number of likely N-dealkylation sites (N-methyl/N-ethyl adjacent to an activating group) is 1. The third-order valence-electron chi connectivity index (χ3n) is 3.56. The smallest absolute Gasteiger partial charge is 0.279 e. The molecule has 2 aromatic carbocycles. The summed E-state index contributed by atoms with van der Waals surface area (Å²) in [5.74, 6) is -5.64. The molecule has 0 spiro atoms. The number of para-hydroxylation sites is 1. The molecule has 0 aliphatic carbocycles. The predicted octanol–water partition coefficient (Wildman–Crippen LogP) is 1.07. The molecule has 0 aliphatic rings. The number of anilines is 2. The second-order valence-electron chi connectivity index (χ2n) is 5.79. The van der Waals surface area contributed by atoms with Crippen LogP contribution in [0.15, 0.2) is 36.4 Å². The number of quaternary nitrogens is 1. The van der Waals surface area contributed by atoms with Gasteiger partial charge in [0.2, 0.25) is 0 Å². The monoisotopic (exact) mass is 377 g/mol. The number of carbonyl (C=O) groups is 2. The number of benzene rings is 2. The van der Waals surface area contributed by atoms with Gasteiger partial charge in [-0.2, -0.15) is 5.26 Å². The number of hydrogen-bond donors (Lipinski definition) is 3. The molecule has 0 fully saturated rings. The number of nitrogens with zero attached hydrogens (tertiary/aromatic N) is 1. The van der Waals surface area contributed by atoms with E-state index in [4.69, 9.17) is 5.26 Å². The minimum absolute atomic E-state index is 0.104. The molecule has 1 atom stereocenters. The van der Waals surface area contributed by atoms with Crippen molar-refractivity contribution in [1.82, 2.24) is 0 Å². The van der Waals surface area contributed by atoms with Crippen molar-refractivity contribution in [3.8, 4) is 6.07 Å². The first kappa shape index (κ1) is 19.9. The highest BCUT2D eigenvalue weighted by Crippen LogP contribution is 2.19.